The summed E-state index contributed by atoms with van der Waals surface area (Å²) in [7, 11) is 0. The Balaban J connectivity index is 2.90. The molecule has 4 heteroatoms. The minimum Gasteiger partial charge on any atom is -0.479 e. The molecular formula is C13H24O4. The van der Waals surface area contributed by atoms with Gasteiger partial charge in [0.25, 0.3) is 0 Å². The Hall–Kier alpha value is -0.610. The molecule has 0 aliphatic heterocycles. The fraction of sp³-hybridized carbons (Fsp3) is 0.923. The van der Waals surface area contributed by atoms with Crippen molar-refractivity contribution >= 4 is 5.97 Å². The summed E-state index contributed by atoms with van der Waals surface area (Å²) in [5.74, 6) is -0.827. The average molecular weight is 244 g/mol. The highest BCUT2D eigenvalue weighted by atomic mass is 16.5. The minimum atomic E-state index is -1.09. The number of ether oxygens (including phenoxy) is 1. The quantitative estimate of drug-likeness (QED) is 0.778. The third-order valence-electron chi connectivity index (χ3n) is 3.94. The second-order valence-electron chi connectivity index (χ2n) is 5.11. The molecule has 1 aliphatic carbocycles. The van der Waals surface area contributed by atoms with E-state index in [1.807, 2.05) is 6.92 Å². The molecule has 2 N–H and O–H groups in total. The monoisotopic (exact) mass is 244 g/mol. The topological polar surface area (TPSA) is 66.8 Å². The number of hydrogen-bond acceptors (Lipinski definition) is 3. The van der Waals surface area contributed by atoms with Crippen LogP contribution < -0.4 is 0 Å². The first-order valence-corrected chi connectivity index (χ1v) is 6.53. The maximum atomic E-state index is 11.6. The molecule has 4 atom stereocenters. The number of carboxylic acids is 1. The molecule has 1 aliphatic rings. The number of aliphatic hydroxyl groups excluding tert-OH is 1. The number of aliphatic hydroxyl groups is 1. The molecular weight excluding hydrogens is 220 g/mol. The van der Waals surface area contributed by atoms with Crippen molar-refractivity contribution in [1.82, 2.24) is 0 Å². The summed E-state index contributed by atoms with van der Waals surface area (Å²) in [6.45, 7) is 5.37. The highest BCUT2D eigenvalue weighted by molar-refractivity contribution is 5.78. The van der Waals surface area contributed by atoms with Gasteiger partial charge in [-0.3, -0.25) is 0 Å². The summed E-state index contributed by atoms with van der Waals surface area (Å²) in [5.41, 5.74) is -1.09. The molecule has 1 rings (SSSR count). The van der Waals surface area contributed by atoms with Gasteiger partial charge in [-0.25, -0.2) is 4.79 Å². The Kier molecular flexibility index (Phi) is 4.95. The summed E-state index contributed by atoms with van der Waals surface area (Å²) in [6, 6.07) is 0. The predicted molar refractivity (Wildman–Crippen MR) is 64.8 cm³/mol. The molecule has 0 amide bonds. The Morgan fingerprint density at radius 3 is 2.59 bits per heavy atom. The van der Waals surface area contributed by atoms with Crippen molar-refractivity contribution in [3.05, 3.63) is 0 Å². The SMILES string of the molecule is CCC1CCCCC1(OC(C)C(C)O)C(=O)O. The first-order chi connectivity index (χ1) is 7.94. The van der Waals surface area contributed by atoms with Crippen LogP contribution in [0.3, 0.4) is 0 Å². The van der Waals surface area contributed by atoms with Crippen LogP contribution >= 0.6 is 0 Å². The van der Waals surface area contributed by atoms with Gasteiger partial charge in [0.1, 0.15) is 0 Å². The molecule has 0 bridgehead atoms. The molecule has 100 valence electrons. The molecule has 4 unspecified atom stereocenters. The largest absolute Gasteiger partial charge is 0.479 e. The molecule has 0 spiro atoms. The zero-order valence-corrected chi connectivity index (χ0v) is 11.0. The number of carboxylic acid groups (broad SMARTS) is 1. The lowest BCUT2D eigenvalue weighted by Crippen LogP contribution is -2.53. The summed E-state index contributed by atoms with van der Waals surface area (Å²) in [4.78, 5) is 11.6. The molecule has 0 aromatic heterocycles. The fourth-order valence-corrected chi connectivity index (χ4v) is 2.67. The number of aliphatic carboxylic acids is 1. The van der Waals surface area contributed by atoms with E-state index in [4.69, 9.17) is 4.74 Å². The summed E-state index contributed by atoms with van der Waals surface area (Å²) < 4.78 is 5.76. The lowest BCUT2D eigenvalue weighted by molar-refractivity contribution is -0.199. The van der Waals surface area contributed by atoms with E-state index in [0.717, 1.165) is 25.7 Å². The third kappa shape index (κ3) is 2.99. The van der Waals surface area contributed by atoms with Crippen molar-refractivity contribution in [2.24, 2.45) is 5.92 Å². The molecule has 1 fully saturated rings. The summed E-state index contributed by atoms with van der Waals surface area (Å²) in [6.07, 6.45) is 3.12. The minimum absolute atomic E-state index is 0.0509. The van der Waals surface area contributed by atoms with Crippen molar-refractivity contribution in [3.8, 4) is 0 Å². The molecule has 0 heterocycles. The van der Waals surface area contributed by atoms with Crippen molar-refractivity contribution in [2.45, 2.75) is 70.7 Å². The standard InChI is InChI=1S/C13H24O4/c1-4-11-7-5-6-8-13(11,12(15)16)17-10(3)9(2)14/h9-11,14H,4-8H2,1-3H3,(H,15,16). The molecule has 0 saturated heterocycles. The Morgan fingerprint density at radius 2 is 2.12 bits per heavy atom. The van der Waals surface area contributed by atoms with Gasteiger partial charge in [-0.15, -0.1) is 0 Å². The normalized spacial score (nSPS) is 33.1. The van der Waals surface area contributed by atoms with Crippen LogP contribution in [0.25, 0.3) is 0 Å². The summed E-state index contributed by atoms with van der Waals surface area (Å²) in [5, 5.41) is 19.0. The van der Waals surface area contributed by atoms with Crippen LogP contribution in [0.15, 0.2) is 0 Å². The first kappa shape index (κ1) is 14.5. The molecule has 4 nitrogen and oxygen atoms in total. The van der Waals surface area contributed by atoms with E-state index in [2.05, 4.69) is 0 Å². The number of carbonyl (C=O) groups is 1. The van der Waals surface area contributed by atoms with Gasteiger partial charge in [-0.05, 0) is 45.4 Å². The van der Waals surface area contributed by atoms with Crippen LogP contribution in [0, 0.1) is 5.92 Å². The Morgan fingerprint density at radius 1 is 1.47 bits per heavy atom. The Bertz CT molecular complexity index is 264. The lowest BCUT2D eigenvalue weighted by atomic mass is 9.73. The Labute approximate surface area is 103 Å². The second-order valence-corrected chi connectivity index (χ2v) is 5.11. The molecule has 17 heavy (non-hydrogen) atoms. The van der Waals surface area contributed by atoms with Gasteiger partial charge in [-0.2, -0.15) is 0 Å². The van der Waals surface area contributed by atoms with Crippen LogP contribution in [-0.2, 0) is 9.53 Å². The van der Waals surface area contributed by atoms with E-state index >= 15 is 0 Å². The van der Waals surface area contributed by atoms with Crippen molar-refractivity contribution in [1.29, 1.82) is 0 Å². The van der Waals surface area contributed by atoms with Crippen molar-refractivity contribution in [3.63, 3.8) is 0 Å². The smallest absolute Gasteiger partial charge is 0.336 e. The summed E-state index contributed by atoms with van der Waals surface area (Å²) >= 11 is 0. The molecule has 0 radical (unpaired) electrons. The van der Waals surface area contributed by atoms with Gasteiger partial charge >= 0.3 is 5.97 Å². The zero-order valence-electron chi connectivity index (χ0n) is 11.0. The van der Waals surface area contributed by atoms with E-state index in [9.17, 15) is 15.0 Å². The van der Waals surface area contributed by atoms with E-state index in [1.54, 1.807) is 13.8 Å². The van der Waals surface area contributed by atoms with E-state index in [1.165, 1.54) is 0 Å². The molecule has 1 saturated carbocycles. The average Bonchev–Trinajstić information content (AvgIpc) is 2.29. The van der Waals surface area contributed by atoms with E-state index < -0.39 is 23.8 Å². The highest BCUT2D eigenvalue weighted by Gasteiger charge is 2.48. The molecule has 0 aromatic rings. The van der Waals surface area contributed by atoms with Gasteiger partial charge in [0.05, 0.1) is 12.2 Å². The maximum absolute atomic E-state index is 11.6. The van der Waals surface area contributed by atoms with Gasteiger partial charge < -0.3 is 14.9 Å². The molecule has 0 aromatic carbocycles. The van der Waals surface area contributed by atoms with Crippen LogP contribution in [0.4, 0.5) is 0 Å². The van der Waals surface area contributed by atoms with Crippen molar-refractivity contribution < 1.29 is 19.7 Å². The number of rotatable bonds is 5. The van der Waals surface area contributed by atoms with E-state index in [-0.39, 0.29) is 5.92 Å². The fourth-order valence-electron chi connectivity index (χ4n) is 2.67. The second kappa shape index (κ2) is 5.83. The van der Waals surface area contributed by atoms with Crippen LogP contribution in [0.5, 0.6) is 0 Å². The van der Waals surface area contributed by atoms with Crippen LogP contribution in [0.1, 0.15) is 52.9 Å². The van der Waals surface area contributed by atoms with Crippen molar-refractivity contribution in [2.75, 3.05) is 0 Å². The third-order valence-corrected chi connectivity index (χ3v) is 3.94. The number of hydrogen-bond donors (Lipinski definition) is 2. The van der Waals surface area contributed by atoms with Crippen LogP contribution in [0.2, 0.25) is 0 Å². The van der Waals surface area contributed by atoms with Gasteiger partial charge in [0.2, 0.25) is 0 Å². The lowest BCUT2D eigenvalue weighted by Gasteiger charge is -2.42. The zero-order chi connectivity index (χ0) is 13.1. The van der Waals surface area contributed by atoms with Crippen LogP contribution in [-0.4, -0.2) is 34.0 Å². The van der Waals surface area contributed by atoms with Gasteiger partial charge in [0.15, 0.2) is 5.60 Å². The van der Waals surface area contributed by atoms with Gasteiger partial charge in [-0.1, -0.05) is 13.3 Å². The predicted octanol–water partition coefficient (Wildman–Crippen LogP) is 2.20. The van der Waals surface area contributed by atoms with E-state index in [0.29, 0.717) is 6.42 Å². The first-order valence-electron chi connectivity index (χ1n) is 6.53. The van der Waals surface area contributed by atoms with Gasteiger partial charge in [0, 0.05) is 0 Å². The highest BCUT2D eigenvalue weighted by Crippen LogP contribution is 2.40. The maximum Gasteiger partial charge on any atom is 0.336 e.